The van der Waals surface area contributed by atoms with Crippen LogP contribution in [0.3, 0.4) is 0 Å². The van der Waals surface area contributed by atoms with E-state index in [4.69, 9.17) is 4.74 Å². The predicted molar refractivity (Wildman–Crippen MR) is 67.6 cm³/mol. The number of nitrogens with one attached hydrogen (secondary N) is 1. The molecule has 1 fully saturated rings. The third-order valence-corrected chi connectivity index (χ3v) is 3.48. The number of aliphatic imine (C=N–C) groups is 1. The van der Waals surface area contributed by atoms with Crippen LogP contribution in [-0.2, 0) is 4.74 Å². The van der Waals surface area contributed by atoms with E-state index in [9.17, 15) is 0 Å². The molecule has 0 amide bonds. The number of thioether (sulfide) groups is 1. The molecule has 2 atom stereocenters. The van der Waals surface area contributed by atoms with Gasteiger partial charge in [0.1, 0.15) is 0 Å². The summed E-state index contributed by atoms with van der Waals surface area (Å²) in [5.74, 6) is 1.70. The molecule has 0 aromatic carbocycles. The van der Waals surface area contributed by atoms with Gasteiger partial charge in [-0.1, -0.05) is 25.6 Å². The van der Waals surface area contributed by atoms with E-state index in [0.29, 0.717) is 12.0 Å². The minimum Gasteiger partial charge on any atom is -0.384 e. The lowest BCUT2D eigenvalue weighted by Crippen LogP contribution is -2.37. The van der Waals surface area contributed by atoms with Crippen LogP contribution in [0.15, 0.2) is 4.99 Å². The summed E-state index contributed by atoms with van der Waals surface area (Å²) in [6.07, 6.45) is 2.45. The Kier molecular flexibility index (Phi) is 6.10. The zero-order valence-corrected chi connectivity index (χ0v) is 10.8. The summed E-state index contributed by atoms with van der Waals surface area (Å²) < 4.78 is 5.09. The molecule has 0 aromatic rings. The van der Waals surface area contributed by atoms with Gasteiger partial charge in [-0.3, -0.25) is 4.99 Å². The predicted octanol–water partition coefficient (Wildman–Crippen LogP) is 2.13. The zero-order chi connectivity index (χ0) is 11.1. The van der Waals surface area contributed by atoms with Crippen molar-refractivity contribution in [2.75, 3.05) is 26.0 Å². The van der Waals surface area contributed by atoms with Crippen LogP contribution in [0.2, 0.25) is 0 Å². The Labute approximate surface area is 97.1 Å². The first kappa shape index (κ1) is 12.8. The van der Waals surface area contributed by atoms with Crippen molar-refractivity contribution >= 4 is 16.9 Å². The molecule has 2 unspecified atom stereocenters. The molecule has 0 aromatic heterocycles. The van der Waals surface area contributed by atoms with Crippen molar-refractivity contribution < 1.29 is 4.74 Å². The van der Waals surface area contributed by atoms with Gasteiger partial charge in [0, 0.05) is 25.4 Å². The molecule has 88 valence electrons. The maximum Gasteiger partial charge on any atom is 0.156 e. The number of ether oxygens (including phenoxy) is 1. The minimum atomic E-state index is 0.506. The smallest absolute Gasteiger partial charge is 0.156 e. The molecule has 3 nitrogen and oxygen atoms in total. The quantitative estimate of drug-likeness (QED) is 0.785. The summed E-state index contributed by atoms with van der Waals surface area (Å²) in [4.78, 5) is 4.59. The molecule has 1 aliphatic rings. The molecule has 15 heavy (non-hydrogen) atoms. The van der Waals surface area contributed by atoms with Gasteiger partial charge >= 0.3 is 0 Å². The van der Waals surface area contributed by atoms with E-state index in [1.165, 1.54) is 18.6 Å². The lowest BCUT2D eigenvalue weighted by Gasteiger charge is -2.24. The van der Waals surface area contributed by atoms with Gasteiger partial charge in [0.25, 0.3) is 0 Å². The normalized spacial score (nSPS) is 26.3. The molecule has 0 bridgehead atoms. The first-order valence-electron chi connectivity index (χ1n) is 5.69. The number of methoxy groups -OCH3 is 1. The molecule has 1 rings (SSSR count). The zero-order valence-electron chi connectivity index (χ0n) is 9.95. The summed E-state index contributed by atoms with van der Waals surface area (Å²) in [7, 11) is 1.74. The summed E-state index contributed by atoms with van der Waals surface area (Å²) >= 11 is 1.84. The molecule has 1 N–H and O–H groups in total. The van der Waals surface area contributed by atoms with Crippen molar-refractivity contribution in [3.8, 4) is 0 Å². The first-order valence-corrected chi connectivity index (χ1v) is 6.67. The molecule has 1 aliphatic heterocycles. The van der Waals surface area contributed by atoms with Crippen LogP contribution in [0.25, 0.3) is 0 Å². The highest BCUT2D eigenvalue weighted by atomic mass is 32.2. The van der Waals surface area contributed by atoms with Crippen LogP contribution in [-0.4, -0.2) is 37.2 Å². The molecular formula is C11H22N2OS. The SMILES string of the molecule is CCC1CCSC(=NCC(C)COC)N1. The fourth-order valence-electron chi connectivity index (χ4n) is 1.56. The molecular weight excluding hydrogens is 208 g/mol. The van der Waals surface area contributed by atoms with Crippen molar-refractivity contribution in [3.63, 3.8) is 0 Å². The van der Waals surface area contributed by atoms with E-state index < -0.39 is 0 Å². The molecule has 4 heteroatoms. The molecule has 0 spiro atoms. The van der Waals surface area contributed by atoms with Crippen LogP contribution in [0.4, 0.5) is 0 Å². The molecule has 1 heterocycles. The fourth-order valence-corrected chi connectivity index (χ4v) is 2.57. The minimum absolute atomic E-state index is 0.506. The Morgan fingerprint density at radius 2 is 2.47 bits per heavy atom. The van der Waals surface area contributed by atoms with Crippen LogP contribution >= 0.6 is 11.8 Å². The molecule has 0 aliphatic carbocycles. The topological polar surface area (TPSA) is 33.6 Å². The Balaban J connectivity index is 2.31. The third-order valence-electron chi connectivity index (χ3n) is 2.52. The maximum absolute atomic E-state index is 5.09. The number of amidine groups is 1. The second kappa shape index (κ2) is 7.12. The first-order chi connectivity index (χ1) is 7.26. The van der Waals surface area contributed by atoms with Crippen LogP contribution in [0.1, 0.15) is 26.7 Å². The monoisotopic (exact) mass is 230 g/mol. The van der Waals surface area contributed by atoms with Crippen molar-refractivity contribution in [1.29, 1.82) is 0 Å². The number of hydrogen-bond donors (Lipinski definition) is 1. The van der Waals surface area contributed by atoms with Crippen LogP contribution in [0.5, 0.6) is 0 Å². The summed E-state index contributed by atoms with van der Waals surface area (Å²) in [5, 5.41) is 4.59. The highest BCUT2D eigenvalue weighted by Crippen LogP contribution is 2.15. The molecule has 0 radical (unpaired) electrons. The number of nitrogens with zero attached hydrogens (tertiary/aromatic N) is 1. The van der Waals surface area contributed by atoms with Crippen LogP contribution < -0.4 is 5.32 Å². The lowest BCUT2D eigenvalue weighted by molar-refractivity contribution is 0.163. The van der Waals surface area contributed by atoms with E-state index in [-0.39, 0.29) is 0 Å². The van der Waals surface area contributed by atoms with Gasteiger partial charge in [-0.05, 0) is 18.8 Å². The van der Waals surface area contributed by atoms with Gasteiger partial charge in [0.2, 0.25) is 0 Å². The Morgan fingerprint density at radius 1 is 1.67 bits per heavy atom. The van der Waals surface area contributed by atoms with Gasteiger partial charge in [-0.2, -0.15) is 0 Å². The summed E-state index contributed by atoms with van der Waals surface area (Å²) in [6.45, 7) is 6.04. The number of hydrogen-bond acceptors (Lipinski definition) is 3. The average molecular weight is 230 g/mol. The van der Waals surface area contributed by atoms with Gasteiger partial charge in [0.15, 0.2) is 5.17 Å². The maximum atomic E-state index is 5.09. The number of rotatable bonds is 5. The summed E-state index contributed by atoms with van der Waals surface area (Å²) in [6, 6.07) is 0.628. The Morgan fingerprint density at radius 3 is 3.13 bits per heavy atom. The van der Waals surface area contributed by atoms with Gasteiger partial charge in [-0.25, -0.2) is 0 Å². The van der Waals surface area contributed by atoms with Crippen molar-refractivity contribution in [1.82, 2.24) is 5.32 Å². The largest absolute Gasteiger partial charge is 0.384 e. The van der Waals surface area contributed by atoms with E-state index >= 15 is 0 Å². The van der Waals surface area contributed by atoms with Crippen molar-refractivity contribution in [2.24, 2.45) is 10.9 Å². The highest BCUT2D eigenvalue weighted by molar-refractivity contribution is 8.13. The second-order valence-electron chi connectivity index (χ2n) is 4.09. The van der Waals surface area contributed by atoms with E-state index in [2.05, 4.69) is 24.2 Å². The van der Waals surface area contributed by atoms with Crippen molar-refractivity contribution in [2.45, 2.75) is 32.7 Å². The van der Waals surface area contributed by atoms with E-state index in [0.717, 1.165) is 18.3 Å². The second-order valence-corrected chi connectivity index (χ2v) is 5.18. The van der Waals surface area contributed by atoms with E-state index in [1.54, 1.807) is 7.11 Å². The highest BCUT2D eigenvalue weighted by Gasteiger charge is 2.15. The average Bonchev–Trinajstić information content (AvgIpc) is 2.27. The summed E-state index contributed by atoms with van der Waals surface area (Å²) in [5.41, 5.74) is 0. The lowest BCUT2D eigenvalue weighted by atomic mass is 10.2. The van der Waals surface area contributed by atoms with Gasteiger partial charge < -0.3 is 10.1 Å². The molecule has 0 saturated carbocycles. The molecule has 1 saturated heterocycles. The Hall–Kier alpha value is -0.220. The fraction of sp³-hybridized carbons (Fsp3) is 0.909. The van der Waals surface area contributed by atoms with Crippen molar-refractivity contribution in [3.05, 3.63) is 0 Å². The third kappa shape index (κ3) is 4.89. The Bertz CT molecular complexity index is 209. The van der Waals surface area contributed by atoms with Gasteiger partial charge in [-0.15, -0.1) is 0 Å². The van der Waals surface area contributed by atoms with Gasteiger partial charge in [0.05, 0.1) is 6.61 Å². The van der Waals surface area contributed by atoms with Crippen LogP contribution in [0, 0.1) is 5.92 Å². The standard InChI is InChI=1S/C11H22N2OS/c1-4-10-5-6-15-11(13-10)12-7-9(2)8-14-3/h9-10H,4-8H2,1-3H3,(H,12,13). The van der Waals surface area contributed by atoms with E-state index in [1.807, 2.05) is 11.8 Å².